The molecule has 3 heterocycles. The van der Waals surface area contributed by atoms with Crippen LogP contribution in [0, 0.1) is 5.82 Å². The van der Waals surface area contributed by atoms with Crippen molar-refractivity contribution in [2.45, 2.75) is 56.7 Å². The van der Waals surface area contributed by atoms with E-state index >= 15 is 0 Å². The van der Waals surface area contributed by atoms with E-state index in [1.165, 1.54) is 24.1 Å². The smallest absolute Gasteiger partial charge is 0.179 e. The molecular weight excluding hydrogens is 393 g/mol. The van der Waals surface area contributed by atoms with Crippen LogP contribution in [0.3, 0.4) is 0 Å². The zero-order valence-electron chi connectivity index (χ0n) is 18.2. The minimum Gasteiger partial charge on any atom is -0.388 e. The molecule has 0 amide bonds. The van der Waals surface area contributed by atoms with Crippen molar-refractivity contribution in [3.63, 3.8) is 0 Å². The second-order valence-corrected chi connectivity index (χ2v) is 9.08. The Labute approximate surface area is 183 Å². The average molecular weight is 426 g/mol. The topological polar surface area (TPSA) is 56.7 Å². The SMILES string of the molecule is C[C@@H](C(=O)c1ccc(F)cc1)N1CCC(O)(CN2CCCC[C@H]2c2cccnc2)CC1. The Hall–Kier alpha value is -2.15. The molecule has 5 nitrogen and oxygen atoms in total. The molecule has 0 unspecified atom stereocenters. The van der Waals surface area contributed by atoms with E-state index in [0.717, 1.165) is 19.4 Å². The van der Waals surface area contributed by atoms with Crippen LogP contribution in [0.4, 0.5) is 4.39 Å². The van der Waals surface area contributed by atoms with Gasteiger partial charge in [-0.25, -0.2) is 4.39 Å². The van der Waals surface area contributed by atoms with Crippen LogP contribution in [-0.2, 0) is 0 Å². The number of rotatable bonds is 6. The highest BCUT2D eigenvalue weighted by molar-refractivity contribution is 5.99. The highest BCUT2D eigenvalue weighted by atomic mass is 19.1. The van der Waals surface area contributed by atoms with Crippen molar-refractivity contribution in [2.75, 3.05) is 26.2 Å². The Bertz CT molecular complexity index is 866. The number of benzene rings is 1. The normalized spacial score (nSPS) is 23.4. The van der Waals surface area contributed by atoms with E-state index in [9.17, 15) is 14.3 Å². The van der Waals surface area contributed by atoms with Crippen molar-refractivity contribution >= 4 is 5.78 Å². The molecule has 0 saturated carbocycles. The number of pyridine rings is 1. The van der Waals surface area contributed by atoms with Gasteiger partial charge < -0.3 is 5.11 Å². The Balaban J connectivity index is 1.36. The van der Waals surface area contributed by atoms with Gasteiger partial charge in [0, 0.05) is 43.6 Å². The number of aromatic nitrogens is 1. The summed E-state index contributed by atoms with van der Waals surface area (Å²) < 4.78 is 13.2. The van der Waals surface area contributed by atoms with Gasteiger partial charge in [-0.05, 0) is 75.0 Å². The summed E-state index contributed by atoms with van der Waals surface area (Å²) in [5.74, 6) is -0.340. The van der Waals surface area contributed by atoms with Crippen molar-refractivity contribution in [3.05, 3.63) is 65.7 Å². The lowest BCUT2D eigenvalue weighted by Crippen LogP contribution is -2.54. The van der Waals surface area contributed by atoms with E-state index in [-0.39, 0.29) is 17.6 Å². The van der Waals surface area contributed by atoms with Crippen LogP contribution in [-0.4, -0.2) is 63.5 Å². The summed E-state index contributed by atoms with van der Waals surface area (Å²) in [7, 11) is 0. The van der Waals surface area contributed by atoms with E-state index in [1.54, 1.807) is 18.3 Å². The highest BCUT2D eigenvalue weighted by Gasteiger charge is 2.38. The molecule has 0 aliphatic carbocycles. The molecule has 4 rings (SSSR count). The number of likely N-dealkylation sites (tertiary alicyclic amines) is 2. The van der Waals surface area contributed by atoms with Gasteiger partial charge in [-0.1, -0.05) is 12.5 Å². The molecule has 2 aliphatic heterocycles. The number of hydrogen-bond acceptors (Lipinski definition) is 5. The molecular formula is C25H32FN3O2. The fraction of sp³-hybridized carbons (Fsp3) is 0.520. The van der Waals surface area contributed by atoms with Gasteiger partial charge in [0.05, 0.1) is 11.6 Å². The van der Waals surface area contributed by atoms with Crippen LogP contribution in [0.2, 0.25) is 0 Å². The number of carbonyl (C=O) groups is 1. The summed E-state index contributed by atoms with van der Waals surface area (Å²) in [6.07, 6.45) is 8.48. The molecule has 166 valence electrons. The Kier molecular flexibility index (Phi) is 6.80. The Morgan fingerprint density at radius 3 is 2.61 bits per heavy atom. The third kappa shape index (κ3) is 5.20. The lowest BCUT2D eigenvalue weighted by molar-refractivity contribution is -0.0619. The average Bonchev–Trinajstić information content (AvgIpc) is 2.80. The number of β-amino-alcohol motifs (C(OH)–C–C–N with tert-alkyl or cyclic N) is 1. The molecule has 0 bridgehead atoms. The molecule has 0 radical (unpaired) electrons. The molecule has 1 N–H and O–H groups in total. The van der Waals surface area contributed by atoms with Gasteiger partial charge in [-0.2, -0.15) is 0 Å². The summed E-state index contributed by atoms with van der Waals surface area (Å²) in [6.45, 7) is 4.90. The Morgan fingerprint density at radius 2 is 1.94 bits per heavy atom. The largest absolute Gasteiger partial charge is 0.388 e. The van der Waals surface area contributed by atoms with Crippen LogP contribution >= 0.6 is 0 Å². The number of hydrogen-bond donors (Lipinski definition) is 1. The number of halogens is 1. The maximum atomic E-state index is 13.2. The predicted molar refractivity (Wildman–Crippen MR) is 118 cm³/mol. The second-order valence-electron chi connectivity index (χ2n) is 9.08. The number of nitrogens with zero attached hydrogens (tertiary/aromatic N) is 3. The van der Waals surface area contributed by atoms with E-state index in [1.807, 2.05) is 19.2 Å². The van der Waals surface area contributed by atoms with Gasteiger partial charge in [0.1, 0.15) is 5.82 Å². The van der Waals surface area contributed by atoms with Gasteiger partial charge >= 0.3 is 0 Å². The number of Topliss-reactive ketones (excluding diaryl/α,β-unsaturated/α-hetero) is 1. The van der Waals surface area contributed by atoms with Crippen molar-refractivity contribution in [3.8, 4) is 0 Å². The van der Waals surface area contributed by atoms with Crippen LogP contribution in [0.25, 0.3) is 0 Å². The molecule has 2 aliphatic rings. The third-order valence-corrected chi connectivity index (χ3v) is 6.96. The van der Waals surface area contributed by atoms with Crippen molar-refractivity contribution in [1.82, 2.24) is 14.8 Å². The van der Waals surface area contributed by atoms with Crippen molar-refractivity contribution < 1.29 is 14.3 Å². The summed E-state index contributed by atoms with van der Waals surface area (Å²) in [5, 5.41) is 11.4. The van der Waals surface area contributed by atoms with E-state index in [4.69, 9.17) is 0 Å². The van der Waals surface area contributed by atoms with Gasteiger partial charge in [0.25, 0.3) is 0 Å². The van der Waals surface area contributed by atoms with E-state index in [2.05, 4.69) is 20.9 Å². The molecule has 1 aromatic carbocycles. The molecule has 1 aromatic heterocycles. The predicted octanol–water partition coefficient (Wildman–Crippen LogP) is 3.85. The van der Waals surface area contributed by atoms with E-state index in [0.29, 0.717) is 44.1 Å². The first-order valence-corrected chi connectivity index (χ1v) is 11.4. The van der Waals surface area contributed by atoms with Gasteiger partial charge in [-0.3, -0.25) is 19.6 Å². The van der Waals surface area contributed by atoms with Crippen LogP contribution in [0.1, 0.15) is 61.0 Å². The zero-order valence-corrected chi connectivity index (χ0v) is 18.2. The molecule has 2 atom stereocenters. The number of ketones is 1. The summed E-state index contributed by atoms with van der Waals surface area (Å²) in [5.41, 5.74) is 1.01. The monoisotopic (exact) mass is 425 g/mol. The minimum absolute atomic E-state index is 0.00175. The lowest BCUT2D eigenvalue weighted by Gasteiger charge is -2.45. The molecule has 0 spiro atoms. The Morgan fingerprint density at radius 1 is 1.19 bits per heavy atom. The first-order chi connectivity index (χ1) is 15.0. The number of aliphatic hydroxyl groups is 1. The third-order valence-electron chi connectivity index (χ3n) is 6.96. The molecule has 31 heavy (non-hydrogen) atoms. The van der Waals surface area contributed by atoms with Gasteiger partial charge in [0.15, 0.2) is 5.78 Å². The number of piperidine rings is 2. The van der Waals surface area contributed by atoms with E-state index < -0.39 is 5.60 Å². The summed E-state index contributed by atoms with van der Waals surface area (Å²) in [6, 6.07) is 9.88. The number of carbonyl (C=O) groups excluding carboxylic acids is 1. The summed E-state index contributed by atoms with van der Waals surface area (Å²) >= 11 is 0. The molecule has 2 aromatic rings. The maximum absolute atomic E-state index is 13.2. The lowest BCUT2D eigenvalue weighted by atomic mass is 9.87. The van der Waals surface area contributed by atoms with Crippen molar-refractivity contribution in [2.24, 2.45) is 0 Å². The molecule has 6 heteroatoms. The zero-order chi connectivity index (χ0) is 21.8. The van der Waals surface area contributed by atoms with Crippen LogP contribution < -0.4 is 0 Å². The standard InChI is InChI=1S/C25H32FN3O2/c1-19(24(30)20-7-9-22(26)10-8-20)28-15-11-25(31,12-16-28)18-29-14-3-2-6-23(29)21-5-4-13-27-17-21/h4-5,7-10,13,17,19,23,31H,2-3,6,11-12,14-16,18H2,1H3/t19-,23-/m0/s1. The van der Waals surface area contributed by atoms with Crippen molar-refractivity contribution in [1.29, 1.82) is 0 Å². The fourth-order valence-electron chi connectivity index (χ4n) is 5.02. The van der Waals surface area contributed by atoms with Gasteiger partial charge in [-0.15, -0.1) is 0 Å². The minimum atomic E-state index is -0.743. The van der Waals surface area contributed by atoms with Crippen LogP contribution in [0.5, 0.6) is 0 Å². The maximum Gasteiger partial charge on any atom is 0.179 e. The molecule has 2 fully saturated rings. The first-order valence-electron chi connectivity index (χ1n) is 11.4. The fourth-order valence-corrected chi connectivity index (χ4v) is 5.02. The summed E-state index contributed by atoms with van der Waals surface area (Å²) in [4.78, 5) is 21.6. The quantitative estimate of drug-likeness (QED) is 0.713. The first kappa shape index (κ1) is 22.1. The van der Waals surface area contributed by atoms with Crippen LogP contribution in [0.15, 0.2) is 48.8 Å². The highest BCUT2D eigenvalue weighted by Crippen LogP contribution is 2.34. The molecule has 2 saturated heterocycles. The van der Waals surface area contributed by atoms with Gasteiger partial charge in [0.2, 0.25) is 0 Å². The second kappa shape index (κ2) is 9.55.